The molecule has 1 aromatic rings. The van der Waals surface area contributed by atoms with Crippen molar-refractivity contribution in [1.82, 2.24) is 10.6 Å². The third kappa shape index (κ3) is 4.90. The highest BCUT2D eigenvalue weighted by atomic mass is 32.2. The van der Waals surface area contributed by atoms with E-state index in [4.69, 9.17) is 4.74 Å². The molecular weight excluding hydrogens is 350 g/mol. The number of nitrogens with zero attached hydrogens (tertiary/aromatic N) is 1. The number of sulfone groups is 1. The van der Waals surface area contributed by atoms with Gasteiger partial charge in [-0.25, -0.2) is 8.42 Å². The summed E-state index contributed by atoms with van der Waals surface area (Å²) >= 11 is 0. The molecule has 1 unspecified atom stereocenters. The molecule has 0 spiro atoms. The first kappa shape index (κ1) is 20.6. The van der Waals surface area contributed by atoms with E-state index < -0.39 is 14.6 Å². The summed E-state index contributed by atoms with van der Waals surface area (Å²) in [5.41, 5.74) is 0.787. The molecule has 1 aliphatic heterocycles. The molecule has 0 aromatic heterocycles. The number of aliphatic imine (C=N–C) groups is 1. The van der Waals surface area contributed by atoms with Crippen molar-refractivity contribution >= 4 is 15.8 Å². The van der Waals surface area contributed by atoms with Crippen LogP contribution in [0, 0.1) is 0 Å². The van der Waals surface area contributed by atoms with Gasteiger partial charge in [-0.05, 0) is 40.7 Å². The Labute approximate surface area is 157 Å². The van der Waals surface area contributed by atoms with Gasteiger partial charge in [0.05, 0.1) is 17.3 Å². The molecule has 1 atom stereocenters. The van der Waals surface area contributed by atoms with Crippen LogP contribution in [0.3, 0.4) is 0 Å². The molecule has 0 saturated carbocycles. The predicted molar refractivity (Wildman–Crippen MR) is 107 cm³/mol. The Morgan fingerprint density at radius 1 is 1.35 bits per heavy atom. The van der Waals surface area contributed by atoms with Crippen LogP contribution < -0.4 is 15.4 Å². The molecule has 7 heteroatoms. The molecule has 0 fully saturated rings. The lowest BCUT2D eigenvalue weighted by Crippen LogP contribution is -2.46. The normalized spacial score (nSPS) is 20.1. The van der Waals surface area contributed by atoms with E-state index in [9.17, 15) is 8.42 Å². The summed E-state index contributed by atoms with van der Waals surface area (Å²) < 4.78 is 29.0. The standard InChI is InChI=1S/C19H31N3O3S/c1-7-20-17(21-13-19(4,5)26(6,23)24)22-15-12-18(2,3)25-16-11-9-8-10-14(15)16/h8-11,15H,7,12-13H2,1-6H3,(H2,20,21,22). The highest BCUT2D eigenvalue weighted by molar-refractivity contribution is 7.92. The number of guanidine groups is 1. The molecule has 1 aliphatic rings. The van der Waals surface area contributed by atoms with E-state index in [1.54, 1.807) is 13.8 Å². The molecule has 0 saturated heterocycles. The minimum Gasteiger partial charge on any atom is -0.487 e. The Morgan fingerprint density at radius 2 is 2.00 bits per heavy atom. The Bertz CT molecular complexity index is 770. The van der Waals surface area contributed by atoms with Gasteiger partial charge in [0.1, 0.15) is 11.4 Å². The summed E-state index contributed by atoms with van der Waals surface area (Å²) in [6, 6.07) is 8.01. The molecule has 1 heterocycles. The molecule has 0 radical (unpaired) electrons. The van der Waals surface area contributed by atoms with Crippen LogP contribution in [-0.4, -0.2) is 44.1 Å². The third-order valence-electron chi connectivity index (χ3n) is 4.65. The van der Waals surface area contributed by atoms with Crippen LogP contribution in [-0.2, 0) is 9.84 Å². The lowest BCUT2D eigenvalue weighted by Gasteiger charge is -2.38. The van der Waals surface area contributed by atoms with Crippen LogP contribution in [0.1, 0.15) is 52.6 Å². The van der Waals surface area contributed by atoms with Crippen molar-refractivity contribution in [3.8, 4) is 5.75 Å². The Hall–Kier alpha value is -1.76. The number of hydrogen-bond acceptors (Lipinski definition) is 4. The summed E-state index contributed by atoms with van der Waals surface area (Å²) in [6.45, 7) is 10.4. The second-order valence-corrected chi connectivity index (χ2v) is 10.7. The number of ether oxygens (including phenoxy) is 1. The molecule has 0 amide bonds. The van der Waals surface area contributed by atoms with Crippen molar-refractivity contribution in [3.63, 3.8) is 0 Å². The average molecular weight is 382 g/mol. The van der Waals surface area contributed by atoms with Crippen molar-refractivity contribution in [2.24, 2.45) is 4.99 Å². The molecule has 0 bridgehead atoms. The van der Waals surface area contributed by atoms with E-state index in [-0.39, 0.29) is 18.2 Å². The van der Waals surface area contributed by atoms with Crippen molar-refractivity contribution < 1.29 is 13.2 Å². The highest BCUT2D eigenvalue weighted by Crippen LogP contribution is 2.39. The highest BCUT2D eigenvalue weighted by Gasteiger charge is 2.34. The second kappa shape index (κ2) is 7.47. The van der Waals surface area contributed by atoms with Gasteiger partial charge in [0.2, 0.25) is 0 Å². The van der Waals surface area contributed by atoms with Crippen molar-refractivity contribution in [1.29, 1.82) is 0 Å². The van der Waals surface area contributed by atoms with Gasteiger partial charge >= 0.3 is 0 Å². The zero-order valence-corrected chi connectivity index (χ0v) is 17.4. The number of benzene rings is 1. The molecule has 26 heavy (non-hydrogen) atoms. The number of nitrogens with one attached hydrogen (secondary N) is 2. The van der Waals surface area contributed by atoms with Gasteiger partial charge in [0.15, 0.2) is 15.8 Å². The summed E-state index contributed by atoms with van der Waals surface area (Å²) in [5, 5.41) is 6.67. The fourth-order valence-corrected chi connectivity index (χ4v) is 3.10. The Kier molecular flexibility index (Phi) is 5.90. The van der Waals surface area contributed by atoms with E-state index in [2.05, 4.69) is 29.5 Å². The van der Waals surface area contributed by atoms with Gasteiger partial charge in [-0.3, -0.25) is 4.99 Å². The molecule has 2 N–H and O–H groups in total. The summed E-state index contributed by atoms with van der Waals surface area (Å²) in [5.74, 6) is 1.48. The van der Waals surface area contributed by atoms with Crippen LogP contribution in [0.15, 0.2) is 29.3 Å². The molecule has 6 nitrogen and oxygen atoms in total. The third-order valence-corrected chi connectivity index (χ3v) is 6.79. The van der Waals surface area contributed by atoms with Gasteiger partial charge in [-0.1, -0.05) is 18.2 Å². The maximum absolute atomic E-state index is 11.9. The SMILES string of the molecule is CCNC(=NCC(C)(C)S(C)(=O)=O)NC1CC(C)(C)Oc2ccccc21. The van der Waals surface area contributed by atoms with Crippen molar-refractivity contribution in [2.45, 2.75) is 57.4 Å². The molecular formula is C19H31N3O3S. The number of para-hydroxylation sites is 1. The molecule has 146 valence electrons. The number of fused-ring (bicyclic) bond motifs is 1. The summed E-state index contributed by atoms with van der Waals surface area (Å²) in [7, 11) is -3.20. The monoisotopic (exact) mass is 381 g/mol. The zero-order chi connectivity index (χ0) is 19.6. The van der Waals surface area contributed by atoms with Gasteiger partial charge < -0.3 is 15.4 Å². The maximum Gasteiger partial charge on any atom is 0.191 e. The van der Waals surface area contributed by atoms with E-state index in [0.717, 1.165) is 17.7 Å². The Morgan fingerprint density at radius 3 is 2.62 bits per heavy atom. The predicted octanol–water partition coefficient (Wildman–Crippen LogP) is 2.67. The minimum absolute atomic E-state index is 0.0362. The lowest BCUT2D eigenvalue weighted by atomic mass is 9.90. The quantitative estimate of drug-likeness (QED) is 0.605. The van der Waals surface area contributed by atoms with Gasteiger partial charge in [-0.2, -0.15) is 0 Å². The van der Waals surface area contributed by atoms with Gasteiger partial charge in [0.25, 0.3) is 0 Å². The van der Waals surface area contributed by atoms with Crippen LogP contribution >= 0.6 is 0 Å². The van der Waals surface area contributed by atoms with Crippen molar-refractivity contribution in [3.05, 3.63) is 29.8 Å². The van der Waals surface area contributed by atoms with E-state index in [1.807, 2.05) is 31.2 Å². The number of hydrogen-bond donors (Lipinski definition) is 2. The molecule has 1 aromatic carbocycles. The smallest absolute Gasteiger partial charge is 0.191 e. The van der Waals surface area contributed by atoms with E-state index in [0.29, 0.717) is 12.5 Å². The first-order chi connectivity index (χ1) is 12.0. The first-order valence-corrected chi connectivity index (χ1v) is 10.9. The zero-order valence-electron chi connectivity index (χ0n) is 16.6. The lowest BCUT2D eigenvalue weighted by molar-refractivity contribution is 0.0694. The fraction of sp³-hybridized carbons (Fsp3) is 0.632. The average Bonchev–Trinajstić information content (AvgIpc) is 2.50. The second-order valence-electron chi connectivity index (χ2n) is 8.03. The Balaban J connectivity index is 2.26. The molecule has 0 aliphatic carbocycles. The largest absolute Gasteiger partial charge is 0.487 e. The molecule has 2 rings (SSSR count). The van der Waals surface area contributed by atoms with Gasteiger partial charge in [0, 0.05) is 24.8 Å². The van der Waals surface area contributed by atoms with Gasteiger partial charge in [-0.15, -0.1) is 0 Å². The van der Waals surface area contributed by atoms with Crippen LogP contribution in [0.25, 0.3) is 0 Å². The topological polar surface area (TPSA) is 79.8 Å². The minimum atomic E-state index is -3.20. The van der Waals surface area contributed by atoms with Crippen molar-refractivity contribution in [2.75, 3.05) is 19.3 Å². The first-order valence-electron chi connectivity index (χ1n) is 8.97. The van der Waals surface area contributed by atoms with Crippen LogP contribution in [0.5, 0.6) is 5.75 Å². The number of rotatable bonds is 5. The van der Waals surface area contributed by atoms with E-state index in [1.165, 1.54) is 6.26 Å². The fourth-order valence-electron chi connectivity index (χ4n) is 2.80. The van der Waals surface area contributed by atoms with Crippen LogP contribution in [0.4, 0.5) is 0 Å². The van der Waals surface area contributed by atoms with Crippen LogP contribution in [0.2, 0.25) is 0 Å². The summed E-state index contributed by atoms with van der Waals surface area (Å²) in [6.07, 6.45) is 2.03. The maximum atomic E-state index is 11.9. The summed E-state index contributed by atoms with van der Waals surface area (Å²) in [4.78, 5) is 4.54. The van der Waals surface area contributed by atoms with E-state index >= 15 is 0 Å².